The Labute approximate surface area is 139 Å². The van der Waals surface area contributed by atoms with Gasteiger partial charge in [0.2, 0.25) is 5.91 Å². The summed E-state index contributed by atoms with van der Waals surface area (Å²) >= 11 is 0. The van der Waals surface area contributed by atoms with Crippen molar-refractivity contribution in [2.75, 3.05) is 19.6 Å². The Balaban J connectivity index is 1.60. The van der Waals surface area contributed by atoms with Gasteiger partial charge in [-0.1, -0.05) is 31.5 Å². The van der Waals surface area contributed by atoms with Crippen LogP contribution in [0.2, 0.25) is 0 Å². The minimum atomic E-state index is -0.226. The van der Waals surface area contributed by atoms with Crippen molar-refractivity contribution >= 4 is 5.91 Å². The number of nitrogens with one attached hydrogen (secondary N) is 1. The van der Waals surface area contributed by atoms with Crippen molar-refractivity contribution in [1.82, 2.24) is 10.2 Å². The van der Waals surface area contributed by atoms with Crippen molar-refractivity contribution in [2.45, 2.75) is 57.9 Å². The van der Waals surface area contributed by atoms with Crippen LogP contribution in [0.15, 0.2) is 24.3 Å². The Morgan fingerprint density at radius 1 is 1.35 bits per heavy atom. The topological polar surface area (TPSA) is 32.3 Å². The van der Waals surface area contributed by atoms with Crippen molar-refractivity contribution in [3.63, 3.8) is 0 Å². The molecular weight excluding hydrogens is 291 g/mol. The zero-order chi connectivity index (χ0) is 16.5. The number of hydrogen-bond acceptors (Lipinski definition) is 2. The predicted octanol–water partition coefficient (Wildman–Crippen LogP) is 3.53. The molecule has 0 aromatic heterocycles. The van der Waals surface area contributed by atoms with Gasteiger partial charge in [-0.25, -0.2) is 4.39 Å². The number of piperidine rings is 1. The van der Waals surface area contributed by atoms with Gasteiger partial charge in [0.25, 0.3) is 0 Å². The molecule has 0 spiro atoms. The van der Waals surface area contributed by atoms with Crippen LogP contribution in [0.4, 0.5) is 4.39 Å². The number of aryl methyl sites for hydroxylation is 1. The maximum absolute atomic E-state index is 13.5. The molecule has 23 heavy (non-hydrogen) atoms. The number of carbonyl (C=O) groups excluding carboxylic acids is 1. The van der Waals surface area contributed by atoms with Gasteiger partial charge in [0.15, 0.2) is 0 Å². The second kappa shape index (κ2) is 9.66. The molecule has 1 saturated heterocycles. The average Bonchev–Trinajstić information content (AvgIpc) is 2.58. The van der Waals surface area contributed by atoms with Crippen molar-refractivity contribution in [2.24, 2.45) is 0 Å². The molecule has 1 aliphatic heterocycles. The molecule has 0 aliphatic carbocycles. The van der Waals surface area contributed by atoms with Crippen LogP contribution in [0.5, 0.6) is 0 Å². The highest BCUT2D eigenvalue weighted by Gasteiger charge is 2.19. The molecule has 2 rings (SSSR count). The minimum absolute atomic E-state index is 0.0129. The molecule has 1 aliphatic rings. The van der Waals surface area contributed by atoms with E-state index in [1.54, 1.807) is 18.2 Å². The molecule has 0 saturated carbocycles. The molecule has 1 amide bonds. The Hall–Kier alpha value is -1.42. The quantitative estimate of drug-likeness (QED) is 0.743. The van der Waals surface area contributed by atoms with E-state index in [4.69, 9.17) is 0 Å². The van der Waals surface area contributed by atoms with Crippen molar-refractivity contribution in [3.8, 4) is 0 Å². The number of halogens is 1. The van der Waals surface area contributed by atoms with Crippen LogP contribution < -0.4 is 5.32 Å². The third kappa shape index (κ3) is 5.94. The third-order valence-corrected chi connectivity index (χ3v) is 4.74. The second-order valence-electron chi connectivity index (χ2n) is 6.39. The van der Waals surface area contributed by atoms with Gasteiger partial charge in [0.05, 0.1) is 0 Å². The minimum Gasteiger partial charge on any atom is -0.356 e. The molecule has 1 atom stereocenters. The highest BCUT2D eigenvalue weighted by Crippen LogP contribution is 2.19. The van der Waals surface area contributed by atoms with E-state index in [1.165, 1.54) is 38.3 Å². The molecule has 1 N–H and O–H groups in total. The van der Waals surface area contributed by atoms with Crippen LogP contribution in [0.3, 0.4) is 0 Å². The summed E-state index contributed by atoms with van der Waals surface area (Å²) in [6.45, 7) is 5.22. The van der Waals surface area contributed by atoms with Gasteiger partial charge < -0.3 is 10.2 Å². The largest absolute Gasteiger partial charge is 0.356 e. The summed E-state index contributed by atoms with van der Waals surface area (Å²) in [5.74, 6) is -0.213. The molecule has 128 valence electrons. The summed E-state index contributed by atoms with van der Waals surface area (Å²) in [5.41, 5.74) is 0.613. The smallest absolute Gasteiger partial charge is 0.220 e. The summed E-state index contributed by atoms with van der Waals surface area (Å²) < 4.78 is 13.5. The fourth-order valence-corrected chi connectivity index (χ4v) is 3.36. The molecule has 4 heteroatoms. The first-order valence-electron chi connectivity index (χ1n) is 8.95. The zero-order valence-electron chi connectivity index (χ0n) is 14.2. The summed E-state index contributed by atoms with van der Waals surface area (Å²) in [5, 5.41) is 2.96. The molecule has 1 aromatic carbocycles. The molecule has 1 heterocycles. The number of nitrogens with zero attached hydrogens (tertiary/aromatic N) is 1. The monoisotopic (exact) mass is 320 g/mol. The molecule has 0 unspecified atom stereocenters. The highest BCUT2D eigenvalue weighted by atomic mass is 19.1. The standard InChI is InChI=1S/C19H29FN2O/c1-2-17-9-5-6-14-22(17)15-7-13-21-19(23)12-11-16-8-3-4-10-18(16)20/h3-4,8,10,17H,2,5-7,9,11-15H2,1H3,(H,21,23)/t17-/m1/s1. The van der Waals surface area contributed by atoms with E-state index in [0.717, 1.165) is 19.0 Å². The van der Waals surface area contributed by atoms with Gasteiger partial charge in [-0.05, 0) is 50.3 Å². The van der Waals surface area contributed by atoms with Crippen LogP contribution in [0.1, 0.15) is 51.0 Å². The zero-order valence-corrected chi connectivity index (χ0v) is 14.2. The summed E-state index contributed by atoms with van der Waals surface area (Å²) in [4.78, 5) is 14.4. The van der Waals surface area contributed by atoms with E-state index in [2.05, 4.69) is 17.1 Å². The van der Waals surface area contributed by atoms with Crippen molar-refractivity contribution in [1.29, 1.82) is 0 Å². The van der Waals surface area contributed by atoms with E-state index in [0.29, 0.717) is 24.9 Å². The van der Waals surface area contributed by atoms with Crippen molar-refractivity contribution < 1.29 is 9.18 Å². The molecular formula is C19H29FN2O. The van der Waals surface area contributed by atoms with Crippen LogP contribution in [-0.4, -0.2) is 36.5 Å². The van der Waals surface area contributed by atoms with E-state index >= 15 is 0 Å². The number of benzene rings is 1. The fraction of sp³-hybridized carbons (Fsp3) is 0.632. The predicted molar refractivity (Wildman–Crippen MR) is 91.9 cm³/mol. The maximum atomic E-state index is 13.5. The second-order valence-corrected chi connectivity index (χ2v) is 6.39. The number of carbonyl (C=O) groups is 1. The van der Waals surface area contributed by atoms with Crippen molar-refractivity contribution in [3.05, 3.63) is 35.6 Å². The lowest BCUT2D eigenvalue weighted by molar-refractivity contribution is -0.121. The van der Waals surface area contributed by atoms with Gasteiger partial charge in [-0.3, -0.25) is 4.79 Å². The SMILES string of the molecule is CC[C@@H]1CCCCN1CCCNC(=O)CCc1ccccc1F. The van der Waals surface area contributed by atoms with E-state index in [9.17, 15) is 9.18 Å². The van der Waals surface area contributed by atoms with Gasteiger partial charge >= 0.3 is 0 Å². The Kier molecular flexibility index (Phi) is 7.53. The molecule has 3 nitrogen and oxygen atoms in total. The Morgan fingerprint density at radius 3 is 2.96 bits per heavy atom. The van der Waals surface area contributed by atoms with Crippen LogP contribution in [0.25, 0.3) is 0 Å². The summed E-state index contributed by atoms with van der Waals surface area (Å²) in [6.07, 6.45) is 6.97. The lowest BCUT2D eigenvalue weighted by Gasteiger charge is -2.35. The Bertz CT molecular complexity index is 492. The van der Waals surface area contributed by atoms with Gasteiger partial charge in [-0.2, -0.15) is 0 Å². The van der Waals surface area contributed by atoms with E-state index in [1.807, 2.05) is 0 Å². The first kappa shape index (κ1) is 17.9. The third-order valence-electron chi connectivity index (χ3n) is 4.74. The van der Waals surface area contributed by atoms with Gasteiger partial charge in [-0.15, -0.1) is 0 Å². The molecule has 0 radical (unpaired) electrons. The van der Waals surface area contributed by atoms with Gasteiger partial charge in [0.1, 0.15) is 5.82 Å². The fourth-order valence-electron chi connectivity index (χ4n) is 3.36. The lowest BCUT2D eigenvalue weighted by atomic mass is 10.00. The first-order valence-corrected chi connectivity index (χ1v) is 8.95. The number of hydrogen-bond donors (Lipinski definition) is 1. The molecule has 1 aromatic rings. The van der Waals surface area contributed by atoms with Crippen LogP contribution >= 0.6 is 0 Å². The normalized spacial score (nSPS) is 18.8. The number of rotatable bonds is 8. The lowest BCUT2D eigenvalue weighted by Crippen LogP contribution is -2.40. The van der Waals surface area contributed by atoms with Crippen LogP contribution in [-0.2, 0) is 11.2 Å². The van der Waals surface area contributed by atoms with Crippen LogP contribution in [0, 0.1) is 5.82 Å². The molecule has 0 bridgehead atoms. The van der Waals surface area contributed by atoms with Gasteiger partial charge in [0, 0.05) is 25.6 Å². The summed E-state index contributed by atoms with van der Waals surface area (Å²) in [6, 6.07) is 7.38. The first-order chi connectivity index (χ1) is 11.2. The highest BCUT2D eigenvalue weighted by molar-refractivity contribution is 5.76. The average molecular weight is 320 g/mol. The maximum Gasteiger partial charge on any atom is 0.220 e. The number of likely N-dealkylation sites (tertiary alicyclic amines) is 1. The summed E-state index contributed by atoms with van der Waals surface area (Å²) in [7, 11) is 0. The Morgan fingerprint density at radius 2 is 2.17 bits per heavy atom. The van der Waals surface area contributed by atoms with E-state index in [-0.39, 0.29) is 11.7 Å². The van der Waals surface area contributed by atoms with E-state index < -0.39 is 0 Å². The number of amides is 1. The molecule has 1 fully saturated rings.